The third-order valence-corrected chi connectivity index (χ3v) is 3.56. The van der Waals surface area contributed by atoms with Gasteiger partial charge in [0.25, 0.3) is 0 Å². The molecular formula is C15H24O4. The second kappa shape index (κ2) is 6.06. The molecule has 0 N–H and O–H groups in total. The van der Waals surface area contributed by atoms with Crippen molar-refractivity contribution in [2.75, 3.05) is 0 Å². The Morgan fingerprint density at radius 3 is 2.68 bits per heavy atom. The number of carbonyl (C=O) groups is 1. The van der Waals surface area contributed by atoms with Gasteiger partial charge in [-0.2, -0.15) is 0 Å². The van der Waals surface area contributed by atoms with Crippen LogP contribution in [0.15, 0.2) is 12.2 Å². The minimum atomic E-state index is -0.572. The molecule has 2 heterocycles. The van der Waals surface area contributed by atoms with Gasteiger partial charge in [0, 0.05) is 6.08 Å². The Labute approximate surface area is 115 Å². The van der Waals surface area contributed by atoms with Crippen molar-refractivity contribution in [3.8, 4) is 0 Å². The van der Waals surface area contributed by atoms with Crippen LogP contribution in [-0.2, 0) is 19.0 Å². The molecule has 0 aromatic heterocycles. The topological polar surface area (TPSA) is 44.8 Å². The van der Waals surface area contributed by atoms with Crippen LogP contribution >= 0.6 is 0 Å². The van der Waals surface area contributed by atoms with E-state index in [2.05, 4.69) is 0 Å². The molecule has 0 saturated carbocycles. The van der Waals surface area contributed by atoms with E-state index in [1.165, 1.54) is 6.08 Å². The molecule has 4 heteroatoms. The number of cyclic esters (lactones) is 1. The smallest absolute Gasteiger partial charge is 0.330 e. The highest BCUT2D eigenvalue weighted by Crippen LogP contribution is 2.32. The summed E-state index contributed by atoms with van der Waals surface area (Å²) < 4.78 is 17.0. The highest BCUT2D eigenvalue weighted by Gasteiger charge is 2.39. The largest absolute Gasteiger partial charge is 0.460 e. The van der Waals surface area contributed by atoms with Crippen molar-refractivity contribution in [2.45, 2.75) is 77.0 Å². The molecule has 0 aromatic rings. The van der Waals surface area contributed by atoms with E-state index >= 15 is 0 Å². The van der Waals surface area contributed by atoms with Crippen molar-refractivity contribution in [1.29, 1.82) is 0 Å². The summed E-state index contributed by atoms with van der Waals surface area (Å²) in [6.45, 7) is 5.76. The number of ether oxygens (including phenoxy) is 3. The summed E-state index contributed by atoms with van der Waals surface area (Å²) >= 11 is 0. The van der Waals surface area contributed by atoms with Crippen LogP contribution in [0.4, 0.5) is 0 Å². The van der Waals surface area contributed by atoms with Gasteiger partial charge in [-0.3, -0.25) is 0 Å². The van der Waals surface area contributed by atoms with Crippen molar-refractivity contribution >= 4 is 5.97 Å². The van der Waals surface area contributed by atoms with Crippen LogP contribution in [0.2, 0.25) is 0 Å². The van der Waals surface area contributed by atoms with E-state index in [1.807, 2.05) is 20.8 Å². The van der Waals surface area contributed by atoms with Gasteiger partial charge < -0.3 is 14.2 Å². The number of hydrogen-bond acceptors (Lipinski definition) is 4. The quantitative estimate of drug-likeness (QED) is 0.634. The number of rotatable bonds is 0. The lowest BCUT2D eigenvalue weighted by Gasteiger charge is -2.17. The summed E-state index contributed by atoms with van der Waals surface area (Å²) in [6, 6.07) is 0. The van der Waals surface area contributed by atoms with E-state index in [0.717, 1.165) is 32.1 Å². The molecule has 0 aromatic carbocycles. The molecule has 19 heavy (non-hydrogen) atoms. The SMILES string of the molecule is C[C@H]1CCCCC[C@@H]2OC(C)(C)O[C@H]2/C=C\C(=O)O1. The molecule has 4 nitrogen and oxygen atoms in total. The number of carbonyl (C=O) groups excluding carboxylic acids is 1. The predicted molar refractivity (Wildman–Crippen MR) is 71.6 cm³/mol. The van der Waals surface area contributed by atoms with Gasteiger partial charge in [0.2, 0.25) is 0 Å². The fourth-order valence-corrected chi connectivity index (χ4v) is 2.67. The lowest BCUT2D eigenvalue weighted by atomic mass is 10.0. The van der Waals surface area contributed by atoms with E-state index in [4.69, 9.17) is 14.2 Å². The van der Waals surface area contributed by atoms with E-state index in [1.54, 1.807) is 6.08 Å². The molecular weight excluding hydrogens is 244 g/mol. The average molecular weight is 268 g/mol. The molecule has 108 valence electrons. The van der Waals surface area contributed by atoms with Crippen molar-refractivity contribution in [1.82, 2.24) is 0 Å². The van der Waals surface area contributed by atoms with Crippen molar-refractivity contribution < 1.29 is 19.0 Å². The Hall–Kier alpha value is -0.870. The van der Waals surface area contributed by atoms with Gasteiger partial charge in [-0.15, -0.1) is 0 Å². The monoisotopic (exact) mass is 268 g/mol. The second-order valence-corrected chi connectivity index (χ2v) is 5.88. The van der Waals surface area contributed by atoms with E-state index < -0.39 is 5.79 Å². The number of esters is 1. The maximum absolute atomic E-state index is 11.7. The first kappa shape index (κ1) is 14.5. The van der Waals surface area contributed by atoms with E-state index in [-0.39, 0.29) is 24.3 Å². The normalized spacial score (nSPS) is 37.6. The molecule has 0 bridgehead atoms. The van der Waals surface area contributed by atoms with Crippen LogP contribution < -0.4 is 0 Å². The Kier molecular flexibility index (Phi) is 4.63. The summed E-state index contributed by atoms with van der Waals surface area (Å²) in [5.41, 5.74) is 0. The molecule has 0 unspecified atom stereocenters. The first-order valence-electron chi connectivity index (χ1n) is 7.21. The molecule has 2 rings (SSSR count). The zero-order valence-corrected chi connectivity index (χ0v) is 12.1. The molecule has 0 aliphatic carbocycles. The molecule has 1 fully saturated rings. The zero-order valence-electron chi connectivity index (χ0n) is 12.1. The van der Waals surface area contributed by atoms with E-state index in [0.29, 0.717) is 0 Å². The first-order chi connectivity index (χ1) is 8.96. The molecule has 2 aliphatic rings. The van der Waals surface area contributed by atoms with Gasteiger partial charge in [-0.1, -0.05) is 12.8 Å². The minimum absolute atomic E-state index is 0.00967. The molecule has 2 aliphatic heterocycles. The minimum Gasteiger partial charge on any atom is -0.460 e. The summed E-state index contributed by atoms with van der Waals surface area (Å²) in [7, 11) is 0. The first-order valence-corrected chi connectivity index (χ1v) is 7.21. The molecule has 0 radical (unpaired) electrons. The van der Waals surface area contributed by atoms with Crippen molar-refractivity contribution in [2.24, 2.45) is 0 Å². The Morgan fingerprint density at radius 2 is 1.89 bits per heavy atom. The van der Waals surface area contributed by atoms with Gasteiger partial charge >= 0.3 is 5.97 Å². The molecule has 0 amide bonds. The lowest BCUT2D eigenvalue weighted by Crippen LogP contribution is -2.22. The average Bonchev–Trinajstić information content (AvgIpc) is 2.59. The van der Waals surface area contributed by atoms with Gasteiger partial charge in [-0.05, 0) is 46.1 Å². The number of fused-ring (bicyclic) bond motifs is 1. The standard InChI is InChI=1S/C15H24O4/c1-11-7-5-4-6-8-12-13(9-10-14(16)17-11)19-15(2,3)18-12/h9-13H,4-8H2,1-3H3/b10-9-/t11-,12-,13-/m0/s1. The predicted octanol–water partition coefficient (Wildman–Crippen LogP) is 2.96. The van der Waals surface area contributed by atoms with Crippen LogP contribution in [0.3, 0.4) is 0 Å². The summed E-state index contributed by atoms with van der Waals surface area (Å²) in [5, 5.41) is 0. The van der Waals surface area contributed by atoms with Crippen LogP contribution in [0.1, 0.15) is 52.9 Å². The highest BCUT2D eigenvalue weighted by molar-refractivity contribution is 5.82. The highest BCUT2D eigenvalue weighted by atomic mass is 16.7. The zero-order chi connectivity index (χ0) is 13.9. The fraction of sp³-hybridized carbons (Fsp3) is 0.800. The third kappa shape index (κ3) is 4.32. The van der Waals surface area contributed by atoms with Gasteiger partial charge in [0.05, 0.1) is 12.2 Å². The fourth-order valence-electron chi connectivity index (χ4n) is 2.67. The Balaban J connectivity index is 2.05. The number of hydrogen-bond donors (Lipinski definition) is 0. The van der Waals surface area contributed by atoms with Crippen LogP contribution in [0.25, 0.3) is 0 Å². The third-order valence-electron chi connectivity index (χ3n) is 3.56. The Bertz CT molecular complexity index is 348. The summed E-state index contributed by atoms with van der Waals surface area (Å²) in [5.74, 6) is -0.864. The second-order valence-electron chi connectivity index (χ2n) is 5.88. The van der Waals surface area contributed by atoms with Crippen molar-refractivity contribution in [3.63, 3.8) is 0 Å². The van der Waals surface area contributed by atoms with Gasteiger partial charge in [0.1, 0.15) is 6.10 Å². The van der Waals surface area contributed by atoms with Crippen LogP contribution in [0, 0.1) is 0 Å². The van der Waals surface area contributed by atoms with Crippen molar-refractivity contribution in [3.05, 3.63) is 12.2 Å². The summed E-state index contributed by atoms with van der Waals surface area (Å²) in [6.07, 6.45) is 8.36. The molecule has 0 spiro atoms. The summed E-state index contributed by atoms with van der Waals surface area (Å²) in [4.78, 5) is 11.7. The lowest BCUT2D eigenvalue weighted by molar-refractivity contribution is -0.144. The molecule has 3 atom stereocenters. The van der Waals surface area contributed by atoms with E-state index in [9.17, 15) is 4.79 Å². The Morgan fingerprint density at radius 1 is 1.16 bits per heavy atom. The maximum Gasteiger partial charge on any atom is 0.330 e. The van der Waals surface area contributed by atoms with Crippen LogP contribution in [0.5, 0.6) is 0 Å². The maximum atomic E-state index is 11.7. The van der Waals surface area contributed by atoms with Crippen LogP contribution in [-0.4, -0.2) is 30.1 Å². The van der Waals surface area contributed by atoms with Gasteiger partial charge in [0.15, 0.2) is 5.79 Å². The molecule has 1 saturated heterocycles. The van der Waals surface area contributed by atoms with Gasteiger partial charge in [-0.25, -0.2) is 4.79 Å².